The third-order valence-electron chi connectivity index (χ3n) is 3.30. The SMILES string of the molecule is CCNc1ccccc1OC/C=C/N1CCCCC1. The molecule has 0 amide bonds. The molecule has 1 saturated heterocycles. The molecule has 0 spiro atoms. The zero-order valence-electron chi connectivity index (χ0n) is 11.8. The molecule has 2 rings (SSSR count). The lowest BCUT2D eigenvalue weighted by Gasteiger charge is -2.24. The van der Waals surface area contributed by atoms with Crippen LogP contribution in [0.15, 0.2) is 36.5 Å². The summed E-state index contributed by atoms with van der Waals surface area (Å²) in [4.78, 5) is 2.38. The maximum atomic E-state index is 5.80. The Morgan fingerprint density at radius 3 is 2.79 bits per heavy atom. The molecule has 0 unspecified atom stereocenters. The van der Waals surface area contributed by atoms with Crippen molar-refractivity contribution in [3.8, 4) is 5.75 Å². The Kier molecular flexibility index (Phi) is 5.60. The van der Waals surface area contributed by atoms with Gasteiger partial charge in [0.1, 0.15) is 12.4 Å². The number of nitrogens with one attached hydrogen (secondary N) is 1. The van der Waals surface area contributed by atoms with Crippen LogP contribution < -0.4 is 10.1 Å². The van der Waals surface area contributed by atoms with Crippen LogP contribution in [0.1, 0.15) is 26.2 Å². The number of nitrogens with zero attached hydrogens (tertiary/aromatic N) is 1. The second kappa shape index (κ2) is 7.72. The van der Waals surface area contributed by atoms with E-state index in [2.05, 4.69) is 29.4 Å². The molecule has 1 fully saturated rings. The van der Waals surface area contributed by atoms with Gasteiger partial charge in [0.25, 0.3) is 0 Å². The quantitative estimate of drug-likeness (QED) is 0.847. The molecule has 1 aliphatic rings. The van der Waals surface area contributed by atoms with E-state index in [0.29, 0.717) is 6.61 Å². The molecule has 0 aliphatic carbocycles. The van der Waals surface area contributed by atoms with Crippen molar-refractivity contribution in [3.05, 3.63) is 36.5 Å². The van der Waals surface area contributed by atoms with Crippen LogP contribution in [0.3, 0.4) is 0 Å². The van der Waals surface area contributed by atoms with E-state index >= 15 is 0 Å². The fourth-order valence-corrected chi connectivity index (χ4v) is 2.33. The van der Waals surface area contributed by atoms with Crippen LogP contribution in [0, 0.1) is 0 Å². The first-order valence-corrected chi connectivity index (χ1v) is 7.26. The van der Waals surface area contributed by atoms with Gasteiger partial charge < -0.3 is 15.0 Å². The van der Waals surface area contributed by atoms with Crippen LogP contribution in [0.5, 0.6) is 5.75 Å². The second-order valence-electron chi connectivity index (χ2n) is 4.82. The number of likely N-dealkylation sites (tertiary alicyclic amines) is 1. The molecule has 0 aromatic heterocycles. The largest absolute Gasteiger partial charge is 0.487 e. The Morgan fingerprint density at radius 1 is 1.21 bits per heavy atom. The third-order valence-corrected chi connectivity index (χ3v) is 3.30. The molecule has 1 aromatic carbocycles. The lowest BCUT2D eigenvalue weighted by Crippen LogP contribution is -2.24. The summed E-state index contributed by atoms with van der Waals surface area (Å²) in [6.45, 7) is 5.99. The first-order valence-electron chi connectivity index (χ1n) is 7.26. The molecule has 3 nitrogen and oxygen atoms in total. The first-order chi connectivity index (χ1) is 9.40. The highest BCUT2D eigenvalue weighted by molar-refractivity contribution is 5.56. The van der Waals surface area contributed by atoms with Crippen LogP contribution in [-0.2, 0) is 0 Å². The summed E-state index contributed by atoms with van der Waals surface area (Å²) in [5, 5.41) is 3.31. The van der Waals surface area contributed by atoms with E-state index in [9.17, 15) is 0 Å². The summed E-state index contributed by atoms with van der Waals surface area (Å²) in [6, 6.07) is 8.08. The van der Waals surface area contributed by atoms with Crippen LogP contribution in [0.2, 0.25) is 0 Å². The number of hydrogen-bond acceptors (Lipinski definition) is 3. The molecule has 3 heteroatoms. The molecule has 19 heavy (non-hydrogen) atoms. The lowest BCUT2D eigenvalue weighted by atomic mass is 10.1. The van der Waals surface area contributed by atoms with Gasteiger partial charge in [0.05, 0.1) is 5.69 Å². The molecule has 0 atom stereocenters. The Morgan fingerprint density at radius 2 is 2.00 bits per heavy atom. The molecule has 104 valence electrons. The van der Waals surface area contributed by atoms with Crippen molar-refractivity contribution < 1.29 is 4.74 Å². The summed E-state index contributed by atoms with van der Waals surface area (Å²) >= 11 is 0. The minimum Gasteiger partial charge on any atom is -0.487 e. The zero-order chi connectivity index (χ0) is 13.3. The van der Waals surface area contributed by atoms with Crippen LogP contribution in [-0.4, -0.2) is 31.1 Å². The van der Waals surface area contributed by atoms with Gasteiger partial charge in [0.2, 0.25) is 0 Å². The molecular weight excluding hydrogens is 236 g/mol. The van der Waals surface area contributed by atoms with Crippen molar-refractivity contribution in [2.75, 3.05) is 31.6 Å². The van der Waals surface area contributed by atoms with E-state index in [1.54, 1.807) is 0 Å². The highest BCUT2D eigenvalue weighted by Crippen LogP contribution is 2.23. The molecule has 1 aromatic rings. The Labute approximate surface area is 116 Å². The number of rotatable bonds is 6. The Bertz CT molecular complexity index is 397. The maximum absolute atomic E-state index is 5.80. The zero-order valence-corrected chi connectivity index (χ0v) is 11.8. The summed E-state index contributed by atoms with van der Waals surface area (Å²) in [7, 11) is 0. The summed E-state index contributed by atoms with van der Waals surface area (Å²) in [5.74, 6) is 0.924. The highest BCUT2D eigenvalue weighted by Gasteiger charge is 2.05. The molecule has 1 N–H and O–H groups in total. The average molecular weight is 260 g/mol. The standard InChI is InChI=1S/C16H24N2O/c1-2-17-15-9-4-5-10-16(15)19-14-8-13-18-11-6-3-7-12-18/h4-5,8-10,13,17H,2-3,6-7,11-12,14H2,1H3/b13-8+. The first kappa shape index (κ1) is 13.8. The van der Waals surface area contributed by atoms with E-state index in [1.165, 1.54) is 32.4 Å². The topological polar surface area (TPSA) is 24.5 Å². The fourth-order valence-electron chi connectivity index (χ4n) is 2.33. The van der Waals surface area contributed by atoms with Crippen molar-refractivity contribution in [1.29, 1.82) is 0 Å². The monoisotopic (exact) mass is 260 g/mol. The van der Waals surface area contributed by atoms with E-state index in [1.807, 2.05) is 24.3 Å². The molecular formula is C16H24N2O. The van der Waals surface area contributed by atoms with Crippen LogP contribution in [0.4, 0.5) is 5.69 Å². The van der Waals surface area contributed by atoms with E-state index < -0.39 is 0 Å². The lowest BCUT2D eigenvalue weighted by molar-refractivity contribution is 0.304. The molecule has 0 radical (unpaired) electrons. The minimum absolute atomic E-state index is 0.624. The summed E-state index contributed by atoms with van der Waals surface area (Å²) < 4.78 is 5.80. The summed E-state index contributed by atoms with van der Waals surface area (Å²) in [6.07, 6.45) is 8.28. The van der Waals surface area contributed by atoms with Crippen molar-refractivity contribution in [1.82, 2.24) is 4.90 Å². The number of para-hydroxylation sites is 2. The molecule has 1 aliphatic heterocycles. The van der Waals surface area contributed by atoms with Crippen molar-refractivity contribution in [3.63, 3.8) is 0 Å². The smallest absolute Gasteiger partial charge is 0.142 e. The van der Waals surface area contributed by atoms with E-state index in [-0.39, 0.29) is 0 Å². The molecule has 0 saturated carbocycles. The van der Waals surface area contributed by atoms with E-state index in [0.717, 1.165) is 18.0 Å². The van der Waals surface area contributed by atoms with E-state index in [4.69, 9.17) is 4.74 Å². The van der Waals surface area contributed by atoms with Gasteiger partial charge in [0.15, 0.2) is 0 Å². The second-order valence-corrected chi connectivity index (χ2v) is 4.82. The molecule has 1 heterocycles. The summed E-state index contributed by atoms with van der Waals surface area (Å²) in [5.41, 5.74) is 1.07. The van der Waals surface area contributed by atoms with Crippen molar-refractivity contribution >= 4 is 5.69 Å². The van der Waals surface area contributed by atoms with Gasteiger partial charge in [-0.2, -0.15) is 0 Å². The molecule has 0 bridgehead atoms. The van der Waals surface area contributed by atoms with Gasteiger partial charge >= 0.3 is 0 Å². The minimum atomic E-state index is 0.624. The number of hydrogen-bond donors (Lipinski definition) is 1. The Hall–Kier alpha value is -1.64. The number of piperidine rings is 1. The fraction of sp³-hybridized carbons (Fsp3) is 0.500. The maximum Gasteiger partial charge on any atom is 0.142 e. The van der Waals surface area contributed by atoms with Gasteiger partial charge in [-0.05, 0) is 50.6 Å². The van der Waals surface area contributed by atoms with Crippen molar-refractivity contribution in [2.24, 2.45) is 0 Å². The third kappa shape index (κ3) is 4.51. The normalized spacial score (nSPS) is 15.7. The van der Waals surface area contributed by atoms with Gasteiger partial charge in [0, 0.05) is 19.6 Å². The number of benzene rings is 1. The number of ether oxygens (including phenoxy) is 1. The highest BCUT2D eigenvalue weighted by atomic mass is 16.5. The van der Waals surface area contributed by atoms with Gasteiger partial charge in [-0.15, -0.1) is 0 Å². The predicted molar refractivity (Wildman–Crippen MR) is 80.7 cm³/mol. The average Bonchev–Trinajstić information content (AvgIpc) is 2.47. The Balaban J connectivity index is 1.79. The van der Waals surface area contributed by atoms with Gasteiger partial charge in [-0.25, -0.2) is 0 Å². The number of anilines is 1. The van der Waals surface area contributed by atoms with Gasteiger partial charge in [-0.1, -0.05) is 12.1 Å². The van der Waals surface area contributed by atoms with Gasteiger partial charge in [-0.3, -0.25) is 0 Å². The predicted octanol–water partition coefficient (Wildman–Crippen LogP) is 3.50. The van der Waals surface area contributed by atoms with Crippen LogP contribution in [0.25, 0.3) is 0 Å². The van der Waals surface area contributed by atoms with Crippen LogP contribution >= 0.6 is 0 Å². The van der Waals surface area contributed by atoms with Crippen molar-refractivity contribution in [2.45, 2.75) is 26.2 Å².